The van der Waals surface area contributed by atoms with Crippen molar-refractivity contribution in [2.45, 2.75) is 19.5 Å². The second kappa shape index (κ2) is 4.63. The minimum absolute atomic E-state index is 0.120. The monoisotopic (exact) mass is 272 g/mol. The lowest BCUT2D eigenvalue weighted by atomic mass is 10.3. The first kappa shape index (κ1) is 13.9. The molecule has 1 heterocycles. The van der Waals surface area contributed by atoms with Crippen molar-refractivity contribution in [3.8, 4) is 0 Å². The van der Waals surface area contributed by atoms with E-state index in [2.05, 4.69) is 5.10 Å². The van der Waals surface area contributed by atoms with Crippen LogP contribution in [0.5, 0.6) is 0 Å². The molecule has 0 aliphatic carbocycles. The summed E-state index contributed by atoms with van der Waals surface area (Å²) in [6, 6.07) is 0. The van der Waals surface area contributed by atoms with Gasteiger partial charge >= 0.3 is 6.18 Å². The number of carbonyl (C=O) groups excluding carboxylic acids is 1. The van der Waals surface area contributed by atoms with Crippen molar-refractivity contribution in [3.05, 3.63) is 0 Å². The molecule has 0 atom stereocenters. The van der Waals surface area contributed by atoms with Gasteiger partial charge in [0, 0.05) is 5.75 Å². The quantitative estimate of drug-likeness (QED) is 0.751. The normalized spacial score (nSPS) is 17.5. The summed E-state index contributed by atoms with van der Waals surface area (Å²) in [5.41, 5.74) is -1.18. The highest BCUT2D eigenvalue weighted by molar-refractivity contribution is 7.91. The third kappa shape index (κ3) is 3.69. The van der Waals surface area contributed by atoms with E-state index in [0.717, 1.165) is 0 Å². The molecule has 0 fully saturated rings. The molecule has 1 rings (SSSR count). The minimum atomic E-state index is -4.64. The van der Waals surface area contributed by atoms with E-state index in [9.17, 15) is 26.4 Å². The van der Waals surface area contributed by atoms with Crippen LogP contribution in [0, 0.1) is 0 Å². The zero-order valence-corrected chi connectivity index (χ0v) is 9.81. The largest absolute Gasteiger partial charge is 0.431 e. The molecule has 9 heteroatoms. The molecule has 0 aromatic carbocycles. The van der Waals surface area contributed by atoms with Crippen molar-refractivity contribution in [3.63, 3.8) is 0 Å². The second-order valence-corrected chi connectivity index (χ2v) is 5.95. The van der Waals surface area contributed by atoms with Gasteiger partial charge in [0.25, 0.3) is 0 Å². The number of amides is 1. The van der Waals surface area contributed by atoms with Gasteiger partial charge in [-0.2, -0.15) is 18.3 Å². The van der Waals surface area contributed by atoms with E-state index in [1.54, 1.807) is 0 Å². The van der Waals surface area contributed by atoms with Gasteiger partial charge in [0.1, 0.15) is 0 Å². The number of hydrazone groups is 1. The smallest absolute Gasteiger partial charge is 0.273 e. The fourth-order valence-electron chi connectivity index (χ4n) is 1.17. The van der Waals surface area contributed by atoms with Crippen LogP contribution in [-0.2, 0) is 14.6 Å². The van der Waals surface area contributed by atoms with Crippen LogP contribution in [-0.4, -0.2) is 49.3 Å². The molecule has 0 radical (unpaired) electrons. The van der Waals surface area contributed by atoms with Crippen LogP contribution in [0.1, 0.15) is 13.3 Å². The van der Waals surface area contributed by atoms with Gasteiger partial charge in [0.05, 0.1) is 18.7 Å². The lowest BCUT2D eigenvalue weighted by Crippen LogP contribution is -2.27. The maximum Gasteiger partial charge on any atom is 0.431 e. The number of rotatable bonds is 4. The van der Waals surface area contributed by atoms with Crippen LogP contribution in [0.15, 0.2) is 5.10 Å². The Bertz CT molecular complexity index is 441. The van der Waals surface area contributed by atoms with Crippen LogP contribution in [0.3, 0.4) is 0 Å². The van der Waals surface area contributed by atoms with Crippen molar-refractivity contribution >= 4 is 21.5 Å². The molecule has 0 saturated carbocycles. The van der Waals surface area contributed by atoms with E-state index >= 15 is 0 Å². The second-order valence-electron chi connectivity index (χ2n) is 3.47. The molecule has 0 bridgehead atoms. The third-order valence-electron chi connectivity index (χ3n) is 2.23. The highest BCUT2D eigenvalue weighted by Crippen LogP contribution is 2.24. The number of sulfone groups is 1. The predicted octanol–water partition coefficient (Wildman–Crippen LogP) is 0.572. The Hall–Kier alpha value is -1.12. The van der Waals surface area contributed by atoms with Gasteiger partial charge in [-0.05, 0) is 0 Å². The van der Waals surface area contributed by atoms with E-state index < -0.39 is 34.1 Å². The van der Waals surface area contributed by atoms with Gasteiger partial charge < -0.3 is 0 Å². The van der Waals surface area contributed by atoms with E-state index in [1.165, 1.54) is 6.92 Å². The molecular weight excluding hydrogens is 261 g/mol. The summed E-state index contributed by atoms with van der Waals surface area (Å²) >= 11 is 0. The van der Waals surface area contributed by atoms with Crippen LogP contribution in [0.2, 0.25) is 0 Å². The molecule has 98 valence electrons. The van der Waals surface area contributed by atoms with Gasteiger partial charge in [-0.15, -0.1) is 0 Å². The molecule has 0 spiro atoms. The molecule has 0 aromatic heterocycles. The summed E-state index contributed by atoms with van der Waals surface area (Å²) in [4.78, 5) is 11.2. The number of hydrogen-bond donors (Lipinski definition) is 0. The summed E-state index contributed by atoms with van der Waals surface area (Å²) in [5.74, 6) is -1.34. The lowest BCUT2D eigenvalue weighted by molar-refractivity contribution is -0.128. The van der Waals surface area contributed by atoms with Gasteiger partial charge in [-0.1, -0.05) is 6.92 Å². The lowest BCUT2D eigenvalue weighted by Gasteiger charge is -2.10. The molecule has 0 unspecified atom stereocenters. The third-order valence-corrected chi connectivity index (χ3v) is 3.91. The van der Waals surface area contributed by atoms with Gasteiger partial charge in [0.2, 0.25) is 5.91 Å². The Morgan fingerprint density at radius 2 is 2.00 bits per heavy atom. The Balaban J connectivity index is 2.68. The number of halogens is 3. The molecule has 1 amide bonds. The minimum Gasteiger partial charge on any atom is -0.273 e. The van der Waals surface area contributed by atoms with Gasteiger partial charge in [-0.25, -0.2) is 13.4 Å². The fourth-order valence-corrected chi connectivity index (χ4v) is 1.91. The molecule has 5 nitrogen and oxygen atoms in total. The predicted molar refractivity (Wildman–Crippen MR) is 54.1 cm³/mol. The van der Waals surface area contributed by atoms with Crippen LogP contribution < -0.4 is 0 Å². The average Bonchev–Trinajstić information content (AvgIpc) is 2.57. The van der Waals surface area contributed by atoms with Crippen LogP contribution in [0.25, 0.3) is 0 Å². The first-order valence-electron chi connectivity index (χ1n) is 4.81. The van der Waals surface area contributed by atoms with Crippen molar-refractivity contribution in [2.75, 3.05) is 18.1 Å². The number of nitrogens with zero attached hydrogens (tertiary/aromatic N) is 2. The number of hydrogen-bond acceptors (Lipinski definition) is 4. The first-order valence-corrected chi connectivity index (χ1v) is 6.63. The maximum atomic E-state index is 12.2. The maximum absolute atomic E-state index is 12.2. The zero-order chi connectivity index (χ0) is 13.3. The standard InChI is InChI=1S/C8H11F3N2O3S/c1-2-17(15,16)4-3-13-7(14)5-6(12-13)8(9,10)11/h2-5H2,1H3. The molecule has 1 aliphatic rings. The van der Waals surface area contributed by atoms with Crippen molar-refractivity contribution < 1.29 is 26.4 Å². The van der Waals surface area contributed by atoms with Crippen molar-refractivity contribution in [1.82, 2.24) is 5.01 Å². The number of alkyl halides is 3. The van der Waals surface area contributed by atoms with Crippen molar-refractivity contribution in [2.24, 2.45) is 5.10 Å². The molecule has 17 heavy (non-hydrogen) atoms. The topological polar surface area (TPSA) is 66.8 Å². The van der Waals surface area contributed by atoms with E-state index in [4.69, 9.17) is 0 Å². The SMILES string of the molecule is CCS(=O)(=O)CCN1N=C(C(F)(F)F)CC1=O. The highest BCUT2D eigenvalue weighted by Gasteiger charge is 2.42. The first-order chi connectivity index (χ1) is 7.65. The Kier molecular flexibility index (Phi) is 3.80. The van der Waals surface area contributed by atoms with E-state index in [0.29, 0.717) is 5.01 Å². The molecule has 0 saturated heterocycles. The van der Waals surface area contributed by atoms with Crippen LogP contribution in [0.4, 0.5) is 13.2 Å². The van der Waals surface area contributed by atoms with E-state index in [1.807, 2.05) is 0 Å². The molecule has 1 aliphatic heterocycles. The Labute approximate surface area is 96.2 Å². The zero-order valence-electron chi connectivity index (χ0n) is 8.99. The molecular formula is C8H11F3N2O3S. The molecule has 0 N–H and O–H groups in total. The van der Waals surface area contributed by atoms with E-state index in [-0.39, 0.29) is 18.1 Å². The Morgan fingerprint density at radius 1 is 1.41 bits per heavy atom. The summed E-state index contributed by atoms with van der Waals surface area (Å²) in [6.07, 6.45) is -5.47. The fraction of sp³-hybridized carbons (Fsp3) is 0.750. The molecule has 0 aromatic rings. The Morgan fingerprint density at radius 3 is 2.41 bits per heavy atom. The highest BCUT2D eigenvalue weighted by atomic mass is 32.2. The summed E-state index contributed by atoms with van der Waals surface area (Å²) < 4.78 is 58.9. The van der Waals surface area contributed by atoms with Gasteiger partial charge in [0.15, 0.2) is 15.5 Å². The number of carbonyl (C=O) groups is 1. The average molecular weight is 272 g/mol. The van der Waals surface area contributed by atoms with Crippen LogP contribution >= 0.6 is 0 Å². The summed E-state index contributed by atoms with van der Waals surface area (Å²) in [7, 11) is -3.33. The summed E-state index contributed by atoms with van der Waals surface area (Å²) in [5, 5.41) is 3.65. The van der Waals surface area contributed by atoms with Gasteiger partial charge in [-0.3, -0.25) is 4.79 Å². The summed E-state index contributed by atoms with van der Waals surface area (Å²) in [6.45, 7) is 1.08. The van der Waals surface area contributed by atoms with Crippen molar-refractivity contribution in [1.29, 1.82) is 0 Å².